The first-order valence-corrected chi connectivity index (χ1v) is 11.7. The molecule has 3 rings (SSSR count). The summed E-state index contributed by atoms with van der Waals surface area (Å²) in [4.78, 5) is 11.7. The van der Waals surface area contributed by atoms with Gasteiger partial charge in [0.25, 0.3) is 0 Å². The first-order chi connectivity index (χ1) is 14.6. The summed E-state index contributed by atoms with van der Waals surface area (Å²) >= 11 is 0. The van der Waals surface area contributed by atoms with Crippen LogP contribution in [0.3, 0.4) is 0 Å². The van der Waals surface area contributed by atoms with Crippen molar-refractivity contribution in [3.05, 3.63) is 71.8 Å². The van der Waals surface area contributed by atoms with Crippen LogP contribution >= 0.6 is 7.82 Å². The Morgan fingerprint density at radius 3 is 1.80 bits per heavy atom. The Morgan fingerprint density at radius 2 is 1.33 bits per heavy atom. The number of esters is 1. The Balaban J connectivity index is 1.56. The fourth-order valence-corrected chi connectivity index (χ4v) is 4.73. The van der Waals surface area contributed by atoms with E-state index in [2.05, 4.69) is 0 Å². The normalized spacial score (nSPS) is 19.4. The van der Waals surface area contributed by atoms with Crippen molar-refractivity contribution in [1.82, 2.24) is 0 Å². The number of hydrogen-bond donors (Lipinski definition) is 0. The highest BCUT2D eigenvalue weighted by Crippen LogP contribution is 2.51. The smallest absolute Gasteiger partial charge is 0.469 e. The number of ether oxygens (including phenoxy) is 1. The molecule has 1 aliphatic rings. The van der Waals surface area contributed by atoms with Crippen LogP contribution in [0.5, 0.6) is 0 Å². The van der Waals surface area contributed by atoms with E-state index in [1.807, 2.05) is 60.7 Å². The van der Waals surface area contributed by atoms with Crippen LogP contribution in [0.4, 0.5) is 0 Å². The molecule has 1 fully saturated rings. The number of rotatable bonds is 10. The zero-order valence-electron chi connectivity index (χ0n) is 17.3. The SMILES string of the molecule is COC(=O)C1CCC(COP(=O)(OCc2ccccc2)OCc2ccccc2)CC1. The van der Waals surface area contributed by atoms with Crippen molar-refractivity contribution < 1.29 is 27.7 Å². The molecule has 2 aromatic carbocycles. The fraction of sp³-hybridized carbons (Fsp3) is 0.435. The number of benzene rings is 2. The molecule has 162 valence electrons. The Kier molecular flexibility index (Phi) is 8.64. The molecular formula is C23H29O6P. The molecule has 0 bridgehead atoms. The lowest BCUT2D eigenvalue weighted by Gasteiger charge is -2.27. The topological polar surface area (TPSA) is 71.1 Å². The number of carbonyl (C=O) groups excluding carboxylic acids is 1. The quantitative estimate of drug-likeness (QED) is 0.363. The van der Waals surface area contributed by atoms with Gasteiger partial charge in [-0.2, -0.15) is 0 Å². The van der Waals surface area contributed by atoms with Crippen molar-refractivity contribution in [2.45, 2.75) is 38.9 Å². The summed E-state index contributed by atoms with van der Waals surface area (Å²) in [6, 6.07) is 19.0. The second-order valence-electron chi connectivity index (χ2n) is 7.50. The lowest BCUT2D eigenvalue weighted by Crippen LogP contribution is -2.24. The number of phosphoric ester groups is 1. The zero-order chi connectivity index (χ0) is 21.2. The van der Waals surface area contributed by atoms with Gasteiger partial charge < -0.3 is 4.74 Å². The van der Waals surface area contributed by atoms with Crippen LogP contribution in [0, 0.1) is 11.8 Å². The van der Waals surface area contributed by atoms with Gasteiger partial charge in [-0.25, -0.2) is 4.57 Å². The Hall–Kier alpha value is -1.98. The molecular weight excluding hydrogens is 403 g/mol. The van der Waals surface area contributed by atoms with Crippen LogP contribution in [-0.4, -0.2) is 19.7 Å². The predicted octanol–water partition coefficient (Wildman–Crippen LogP) is 5.52. The first kappa shape index (κ1) is 22.7. The Morgan fingerprint density at radius 1 is 0.833 bits per heavy atom. The van der Waals surface area contributed by atoms with Crippen LogP contribution in [0.1, 0.15) is 36.8 Å². The molecule has 0 radical (unpaired) electrons. The molecule has 0 aromatic heterocycles. The van der Waals surface area contributed by atoms with E-state index >= 15 is 0 Å². The average molecular weight is 432 g/mol. The standard InChI is InChI=1S/C23H29O6P/c1-26-23(24)22-14-12-21(13-15-22)18-29-30(25,27-16-19-8-4-2-5-9-19)28-17-20-10-6-3-7-11-20/h2-11,21-22H,12-18H2,1H3. The molecule has 0 unspecified atom stereocenters. The molecule has 0 saturated heterocycles. The van der Waals surface area contributed by atoms with Crippen molar-refractivity contribution in [3.8, 4) is 0 Å². The number of hydrogen-bond acceptors (Lipinski definition) is 6. The Labute approximate surface area is 178 Å². The highest BCUT2D eigenvalue weighted by atomic mass is 31.2. The second kappa shape index (κ2) is 11.4. The van der Waals surface area contributed by atoms with Crippen LogP contribution in [0.15, 0.2) is 60.7 Å². The number of carbonyl (C=O) groups is 1. The Bertz CT molecular complexity index is 771. The van der Waals surface area contributed by atoms with Crippen molar-refractivity contribution >= 4 is 13.8 Å². The maximum Gasteiger partial charge on any atom is 0.475 e. The van der Waals surface area contributed by atoms with Gasteiger partial charge in [0, 0.05) is 0 Å². The molecule has 0 spiro atoms. The molecule has 6 nitrogen and oxygen atoms in total. The van der Waals surface area contributed by atoms with E-state index in [1.165, 1.54) is 7.11 Å². The number of phosphoric acid groups is 1. The highest BCUT2D eigenvalue weighted by molar-refractivity contribution is 7.48. The van der Waals surface area contributed by atoms with E-state index in [0.717, 1.165) is 36.8 Å². The van der Waals surface area contributed by atoms with Crippen LogP contribution < -0.4 is 0 Å². The summed E-state index contributed by atoms with van der Waals surface area (Å²) in [6.07, 6.45) is 3.13. The van der Waals surface area contributed by atoms with Gasteiger partial charge in [-0.15, -0.1) is 0 Å². The van der Waals surface area contributed by atoms with Crippen molar-refractivity contribution in [1.29, 1.82) is 0 Å². The summed E-state index contributed by atoms with van der Waals surface area (Å²) < 4.78 is 35.1. The molecule has 2 aromatic rings. The van der Waals surface area contributed by atoms with Gasteiger partial charge in [-0.1, -0.05) is 60.7 Å². The summed E-state index contributed by atoms with van der Waals surface area (Å²) in [5.74, 6) is -0.000901. The first-order valence-electron chi connectivity index (χ1n) is 10.3. The molecule has 1 saturated carbocycles. The van der Waals surface area contributed by atoms with Gasteiger partial charge in [0.2, 0.25) is 0 Å². The van der Waals surface area contributed by atoms with Crippen LogP contribution in [0.2, 0.25) is 0 Å². The van der Waals surface area contributed by atoms with Crippen LogP contribution in [0.25, 0.3) is 0 Å². The van der Waals surface area contributed by atoms with E-state index in [1.54, 1.807) is 0 Å². The summed E-state index contributed by atoms with van der Waals surface area (Å²) in [7, 11) is -2.33. The lowest BCUT2D eigenvalue weighted by atomic mass is 9.82. The van der Waals surface area contributed by atoms with Gasteiger partial charge in [-0.05, 0) is 42.7 Å². The summed E-state index contributed by atoms with van der Waals surface area (Å²) in [5, 5.41) is 0. The molecule has 0 amide bonds. The molecule has 0 N–H and O–H groups in total. The third kappa shape index (κ3) is 7.06. The van der Waals surface area contributed by atoms with Gasteiger partial charge in [0.15, 0.2) is 0 Å². The van der Waals surface area contributed by atoms with Crippen molar-refractivity contribution in [2.24, 2.45) is 11.8 Å². The maximum atomic E-state index is 13.3. The highest BCUT2D eigenvalue weighted by Gasteiger charge is 2.32. The molecule has 0 aliphatic heterocycles. The summed E-state index contributed by atoms with van der Waals surface area (Å²) in [5.41, 5.74) is 1.78. The van der Waals surface area contributed by atoms with Gasteiger partial charge in [-0.3, -0.25) is 18.4 Å². The lowest BCUT2D eigenvalue weighted by molar-refractivity contribution is -0.146. The van der Waals surface area contributed by atoms with E-state index < -0.39 is 7.82 Å². The largest absolute Gasteiger partial charge is 0.475 e. The van der Waals surface area contributed by atoms with Crippen LogP contribution in [-0.2, 0) is 40.9 Å². The zero-order valence-corrected chi connectivity index (χ0v) is 18.2. The van der Waals surface area contributed by atoms with E-state index in [4.69, 9.17) is 18.3 Å². The van der Waals surface area contributed by atoms with E-state index in [0.29, 0.717) is 0 Å². The minimum atomic E-state index is -3.75. The van der Waals surface area contributed by atoms with Gasteiger partial charge in [0.05, 0.1) is 32.8 Å². The van der Waals surface area contributed by atoms with Crippen molar-refractivity contribution in [3.63, 3.8) is 0 Å². The predicted molar refractivity (Wildman–Crippen MR) is 113 cm³/mol. The van der Waals surface area contributed by atoms with Gasteiger partial charge in [0.1, 0.15) is 0 Å². The molecule has 7 heteroatoms. The molecule has 30 heavy (non-hydrogen) atoms. The minimum Gasteiger partial charge on any atom is -0.469 e. The number of methoxy groups -OCH3 is 1. The van der Waals surface area contributed by atoms with E-state index in [-0.39, 0.29) is 37.6 Å². The third-order valence-corrected chi connectivity index (χ3v) is 6.67. The third-order valence-electron chi connectivity index (χ3n) is 5.31. The molecule has 0 atom stereocenters. The average Bonchev–Trinajstić information content (AvgIpc) is 2.81. The van der Waals surface area contributed by atoms with Crippen molar-refractivity contribution in [2.75, 3.05) is 13.7 Å². The second-order valence-corrected chi connectivity index (χ2v) is 9.17. The van der Waals surface area contributed by atoms with E-state index in [9.17, 15) is 9.36 Å². The molecule has 0 heterocycles. The summed E-state index contributed by atoms with van der Waals surface area (Å²) in [6.45, 7) is 0.554. The fourth-order valence-electron chi connectivity index (χ4n) is 3.50. The maximum absolute atomic E-state index is 13.3. The van der Waals surface area contributed by atoms with Gasteiger partial charge >= 0.3 is 13.8 Å². The monoisotopic (exact) mass is 432 g/mol. The minimum absolute atomic E-state index is 0.0540. The molecule has 1 aliphatic carbocycles.